The van der Waals surface area contributed by atoms with Gasteiger partial charge in [-0.3, -0.25) is 9.69 Å². The van der Waals surface area contributed by atoms with Gasteiger partial charge in [0.1, 0.15) is 17.3 Å². The molecule has 3 heterocycles. The molecule has 0 N–H and O–H groups in total. The molecule has 3 aliphatic heterocycles. The molecule has 3 fully saturated rings. The van der Waals surface area contributed by atoms with Crippen molar-refractivity contribution in [1.29, 1.82) is 0 Å². The Balaban J connectivity index is 1.90. The van der Waals surface area contributed by atoms with E-state index >= 15 is 0 Å². The first-order valence-corrected chi connectivity index (χ1v) is 7.78. The second-order valence-electron chi connectivity index (χ2n) is 6.07. The smallest absolute Gasteiger partial charge is 0.329 e. The van der Waals surface area contributed by atoms with Gasteiger partial charge in [-0.15, -0.1) is 11.8 Å². The lowest BCUT2D eigenvalue weighted by Gasteiger charge is -2.35. The Morgan fingerprint density at radius 1 is 1.50 bits per heavy atom. The maximum absolute atomic E-state index is 12.9. The second kappa shape index (κ2) is 4.35. The van der Waals surface area contributed by atoms with Gasteiger partial charge in [-0.2, -0.15) is 0 Å². The molecule has 1 amide bonds. The molecule has 0 aromatic carbocycles. The zero-order valence-corrected chi connectivity index (χ0v) is 13.0. The van der Waals surface area contributed by atoms with Crippen molar-refractivity contribution >= 4 is 23.6 Å². The topological polar surface area (TPSA) is 59.1 Å². The summed E-state index contributed by atoms with van der Waals surface area (Å²) in [5.74, 6) is 0.287. The summed E-state index contributed by atoms with van der Waals surface area (Å²) in [7, 11) is 3.29. The molecule has 3 saturated heterocycles. The van der Waals surface area contributed by atoms with E-state index in [0.717, 1.165) is 0 Å². The predicted octanol–water partition coefficient (Wildman–Crippen LogP) is 0.270. The minimum absolute atomic E-state index is 0.00373. The largest absolute Gasteiger partial charge is 0.467 e. The summed E-state index contributed by atoms with van der Waals surface area (Å²) in [6.07, 6.45) is 0.698. The first kappa shape index (κ1) is 14.2. The van der Waals surface area contributed by atoms with E-state index in [2.05, 4.69) is 0 Å². The minimum atomic E-state index is -0.631. The van der Waals surface area contributed by atoms with Crippen LogP contribution < -0.4 is 0 Å². The molecule has 0 aliphatic carbocycles. The summed E-state index contributed by atoms with van der Waals surface area (Å²) in [6, 6.07) is -0.459. The number of nitrogens with zero attached hydrogens (tertiary/aromatic N) is 2. The van der Waals surface area contributed by atoms with E-state index in [9.17, 15) is 9.59 Å². The summed E-state index contributed by atoms with van der Waals surface area (Å²) in [6.45, 7) is 4.31. The van der Waals surface area contributed by atoms with Crippen LogP contribution in [0.2, 0.25) is 0 Å². The number of fused-ring (bicyclic) bond motifs is 1. The van der Waals surface area contributed by atoms with E-state index < -0.39 is 17.3 Å². The maximum atomic E-state index is 12.9. The molecule has 3 rings (SSSR count). The van der Waals surface area contributed by atoms with Gasteiger partial charge in [-0.05, 0) is 20.9 Å². The third kappa shape index (κ3) is 1.66. The summed E-state index contributed by atoms with van der Waals surface area (Å²) in [5, 5.41) is 0.0477. The molecule has 0 aromatic heterocycles. The average Bonchev–Trinajstić information content (AvgIpc) is 3.01. The molecule has 3 aliphatic rings. The minimum Gasteiger partial charge on any atom is -0.467 e. The standard InChI is InChI=1S/C13H20N2O4S/c1-12(2)14(3)13(7-19-12)5-9-15(11(13)17)8(6-20-9)10(16)18-4/h8-9H,5-7H2,1-4H3/t8-,9-,13-/m0/s1. The highest BCUT2D eigenvalue weighted by Crippen LogP contribution is 2.49. The van der Waals surface area contributed by atoms with E-state index in [0.29, 0.717) is 18.8 Å². The van der Waals surface area contributed by atoms with E-state index in [-0.39, 0.29) is 17.3 Å². The van der Waals surface area contributed by atoms with Gasteiger partial charge in [-0.1, -0.05) is 0 Å². The third-order valence-electron chi connectivity index (χ3n) is 4.82. The van der Waals surface area contributed by atoms with E-state index in [1.54, 1.807) is 16.7 Å². The first-order valence-electron chi connectivity index (χ1n) is 6.73. The molecule has 3 atom stereocenters. The number of esters is 1. The normalized spacial score (nSPS) is 39.6. The van der Waals surface area contributed by atoms with Gasteiger partial charge in [0.2, 0.25) is 5.91 Å². The maximum Gasteiger partial charge on any atom is 0.329 e. The van der Waals surface area contributed by atoms with Crippen molar-refractivity contribution in [3.63, 3.8) is 0 Å². The van der Waals surface area contributed by atoms with E-state index in [1.165, 1.54) is 7.11 Å². The van der Waals surface area contributed by atoms with E-state index in [4.69, 9.17) is 9.47 Å². The average molecular weight is 300 g/mol. The lowest BCUT2D eigenvalue weighted by atomic mass is 9.96. The van der Waals surface area contributed by atoms with Crippen molar-refractivity contribution in [2.75, 3.05) is 26.5 Å². The second-order valence-corrected chi connectivity index (χ2v) is 7.28. The van der Waals surface area contributed by atoms with E-state index in [1.807, 2.05) is 25.8 Å². The zero-order chi connectivity index (χ0) is 14.7. The molecule has 0 aromatic rings. The Bertz CT molecular complexity index is 469. The molecule has 20 heavy (non-hydrogen) atoms. The van der Waals surface area contributed by atoms with Gasteiger partial charge in [0.15, 0.2) is 0 Å². The Morgan fingerprint density at radius 3 is 2.75 bits per heavy atom. The number of rotatable bonds is 1. The molecule has 0 radical (unpaired) electrons. The molecule has 0 unspecified atom stereocenters. The predicted molar refractivity (Wildman–Crippen MR) is 74.0 cm³/mol. The number of hydrogen-bond acceptors (Lipinski definition) is 6. The summed E-state index contributed by atoms with van der Waals surface area (Å²) in [5.41, 5.74) is -1.09. The van der Waals surface area contributed by atoms with Crippen molar-refractivity contribution in [2.24, 2.45) is 0 Å². The van der Waals surface area contributed by atoms with Crippen molar-refractivity contribution < 1.29 is 19.1 Å². The molecule has 0 saturated carbocycles. The van der Waals surface area contributed by atoms with Crippen LogP contribution in [0.5, 0.6) is 0 Å². The molecule has 7 heteroatoms. The number of methoxy groups -OCH3 is 1. The summed E-state index contributed by atoms with van der Waals surface area (Å²) < 4.78 is 10.6. The van der Waals surface area contributed by atoms with Crippen LogP contribution in [0.1, 0.15) is 20.3 Å². The molecule has 1 spiro atoms. The van der Waals surface area contributed by atoms with Crippen molar-refractivity contribution in [3.8, 4) is 0 Å². The van der Waals surface area contributed by atoms with Crippen LogP contribution in [-0.2, 0) is 19.1 Å². The van der Waals surface area contributed by atoms with Gasteiger partial charge in [0, 0.05) is 12.2 Å². The fraction of sp³-hybridized carbons (Fsp3) is 0.846. The Hall–Kier alpha value is -0.790. The first-order chi connectivity index (χ1) is 9.33. The van der Waals surface area contributed by atoms with Crippen LogP contribution in [0.3, 0.4) is 0 Å². The van der Waals surface area contributed by atoms with Crippen molar-refractivity contribution in [2.45, 2.75) is 42.9 Å². The Labute approximate surface area is 122 Å². The quantitative estimate of drug-likeness (QED) is 0.648. The number of hydrogen-bond donors (Lipinski definition) is 0. The van der Waals surface area contributed by atoms with Crippen LogP contribution in [0.15, 0.2) is 0 Å². The lowest BCUT2D eigenvalue weighted by Crippen LogP contribution is -2.56. The summed E-state index contributed by atoms with van der Waals surface area (Å²) in [4.78, 5) is 28.5. The lowest BCUT2D eigenvalue weighted by molar-refractivity contribution is -0.152. The van der Waals surface area contributed by atoms with Crippen LogP contribution in [-0.4, -0.2) is 70.9 Å². The van der Waals surface area contributed by atoms with Gasteiger partial charge in [-0.25, -0.2) is 4.79 Å². The SMILES string of the molecule is COC(=O)[C@@H]1CS[C@H]2C[C@]3(COC(C)(C)N3C)C(=O)N21. The number of carbonyl (C=O) groups excluding carboxylic acids is 2. The third-order valence-corrected chi connectivity index (χ3v) is 6.11. The monoisotopic (exact) mass is 300 g/mol. The number of ether oxygens (including phenoxy) is 2. The summed E-state index contributed by atoms with van der Waals surface area (Å²) >= 11 is 1.65. The highest BCUT2D eigenvalue weighted by Gasteiger charge is 2.64. The Morgan fingerprint density at radius 2 is 2.20 bits per heavy atom. The van der Waals surface area contributed by atoms with Crippen molar-refractivity contribution in [1.82, 2.24) is 9.80 Å². The van der Waals surface area contributed by atoms with Gasteiger partial charge in [0.25, 0.3) is 0 Å². The van der Waals surface area contributed by atoms with Gasteiger partial charge < -0.3 is 14.4 Å². The van der Waals surface area contributed by atoms with Crippen LogP contribution in [0, 0.1) is 0 Å². The molecular formula is C13H20N2O4S. The van der Waals surface area contributed by atoms with Crippen LogP contribution in [0.25, 0.3) is 0 Å². The van der Waals surface area contributed by atoms with Crippen molar-refractivity contribution in [3.05, 3.63) is 0 Å². The molecule has 0 bridgehead atoms. The number of amides is 1. The van der Waals surface area contributed by atoms with Gasteiger partial charge >= 0.3 is 5.97 Å². The molecule has 6 nitrogen and oxygen atoms in total. The fourth-order valence-electron chi connectivity index (χ4n) is 3.33. The van der Waals surface area contributed by atoms with Gasteiger partial charge in [0.05, 0.1) is 19.1 Å². The fourth-order valence-corrected chi connectivity index (χ4v) is 4.83. The highest BCUT2D eigenvalue weighted by molar-refractivity contribution is 8.00. The zero-order valence-electron chi connectivity index (χ0n) is 12.2. The number of thioether (sulfide) groups is 1. The molecule has 112 valence electrons. The van der Waals surface area contributed by atoms with Crippen LogP contribution >= 0.6 is 11.8 Å². The number of likely N-dealkylation sites (N-methyl/N-ethyl adjacent to an activating group) is 1. The highest BCUT2D eigenvalue weighted by atomic mass is 32.2. The number of carbonyl (C=O) groups is 2. The Kier molecular flexibility index (Phi) is 3.08. The molecular weight excluding hydrogens is 280 g/mol. The van der Waals surface area contributed by atoms with Crippen LogP contribution in [0.4, 0.5) is 0 Å².